The number of likely N-dealkylation sites (N-methyl/N-ethyl adjacent to an activating group) is 1. The van der Waals surface area contributed by atoms with E-state index in [1.807, 2.05) is 0 Å². The van der Waals surface area contributed by atoms with Crippen molar-refractivity contribution in [2.75, 3.05) is 18.9 Å². The van der Waals surface area contributed by atoms with E-state index in [1.54, 1.807) is 0 Å². The summed E-state index contributed by atoms with van der Waals surface area (Å²) < 4.78 is 0. The molecule has 0 spiro atoms. The summed E-state index contributed by atoms with van der Waals surface area (Å²) in [4.78, 5) is 2.42. The number of para-hydroxylation sites is 1. The van der Waals surface area contributed by atoms with Crippen LogP contribution in [-0.2, 0) is 6.42 Å². The summed E-state index contributed by atoms with van der Waals surface area (Å²) in [6.45, 7) is 5.66. The van der Waals surface area contributed by atoms with E-state index in [2.05, 4.69) is 55.4 Å². The first-order valence-corrected chi connectivity index (χ1v) is 6.25. The Bertz CT molecular complexity index is 338. The average Bonchev–Trinajstić information content (AvgIpc) is 2.59. The van der Waals surface area contributed by atoms with Gasteiger partial charge in [0.1, 0.15) is 0 Å². The summed E-state index contributed by atoms with van der Waals surface area (Å²) in [5, 5.41) is 3.68. The monoisotopic (exact) mass is 218 g/mol. The van der Waals surface area contributed by atoms with Crippen molar-refractivity contribution < 1.29 is 0 Å². The Labute approximate surface area is 98.7 Å². The van der Waals surface area contributed by atoms with Crippen LogP contribution in [0.2, 0.25) is 0 Å². The first-order chi connectivity index (χ1) is 7.70. The fourth-order valence-electron chi connectivity index (χ4n) is 2.49. The lowest BCUT2D eigenvalue weighted by molar-refractivity contribution is 0.330. The third kappa shape index (κ3) is 2.38. The van der Waals surface area contributed by atoms with Crippen molar-refractivity contribution in [3.05, 3.63) is 29.8 Å². The van der Waals surface area contributed by atoms with E-state index < -0.39 is 0 Å². The molecule has 1 aromatic rings. The molecule has 0 amide bonds. The number of benzene rings is 1. The van der Waals surface area contributed by atoms with Gasteiger partial charge in [0, 0.05) is 24.3 Å². The molecule has 1 N–H and O–H groups in total. The molecular formula is C14H22N2. The van der Waals surface area contributed by atoms with Gasteiger partial charge in [-0.15, -0.1) is 0 Å². The van der Waals surface area contributed by atoms with Gasteiger partial charge in [-0.3, -0.25) is 0 Å². The summed E-state index contributed by atoms with van der Waals surface area (Å²) in [6, 6.07) is 9.95. The van der Waals surface area contributed by atoms with Crippen molar-refractivity contribution in [2.45, 2.75) is 38.8 Å². The number of hydrogen-bond acceptors (Lipinski definition) is 2. The maximum Gasteiger partial charge on any atom is 0.0403 e. The number of aryl methyl sites for hydroxylation is 1. The molecule has 2 rings (SSSR count). The molecule has 0 aromatic heterocycles. The number of likely N-dealkylation sites (tertiary alicyclic amines) is 1. The first kappa shape index (κ1) is 11.5. The maximum atomic E-state index is 3.68. The van der Waals surface area contributed by atoms with Crippen LogP contribution in [0.4, 0.5) is 5.69 Å². The SMILES string of the molecule is CCc1ccccc1NC1CC(C)N(C)C1. The Balaban J connectivity index is 2.04. The first-order valence-electron chi connectivity index (χ1n) is 6.25. The average molecular weight is 218 g/mol. The van der Waals surface area contributed by atoms with Gasteiger partial charge >= 0.3 is 0 Å². The molecule has 0 aliphatic carbocycles. The van der Waals surface area contributed by atoms with Crippen LogP contribution in [0.5, 0.6) is 0 Å². The van der Waals surface area contributed by atoms with Crippen LogP contribution in [-0.4, -0.2) is 30.6 Å². The zero-order valence-electron chi connectivity index (χ0n) is 10.5. The molecule has 88 valence electrons. The van der Waals surface area contributed by atoms with Gasteiger partial charge in [-0.25, -0.2) is 0 Å². The molecule has 0 radical (unpaired) electrons. The summed E-state index contributed by atoms with van der Waals surface area (Å²) in [7, 11) is 2.21. The molecule has 2 nitrogen and oxygen atoms in total. The summed E-state index contributed by atoms with van der Waals surface area (Å²) in [5.74, 6) is 0. The molecule has 1 heterocycles. The van der Waals surface area contributed by atoms with Gasteiger partial charge in [0.05, 0.1) is 0 Å². The van der Waals surface area contributed by atoms with Crippen LogP contribution in [0.1, 0.15) is 25.8 Å². The largest absolute Gasteiger partial charge is 0.381 e. The second-order valence-electron chi connectivity index (χ2n) is 4.88. The van der Waals surface area contributed by atoms with Gasteiger partial charge in [0.25, 0.3) is 0 Å². The number of nitrogens with one attached hydrogen (secondary N) is 1. The van der Waals surface area contributed by atoms with Crippen molar-refractivity contribution in [1.82, 2.24) is 4.90 Å². The molecule has 2 heteroatoms. The van der Waals surface area contributed by atoms with Gasteiger partial charge in [0.2, 0.25) is 0 Å². The van der Waals surface area contributed by atoms with Crippen LogP contribution < -0.4 is 5.32 Å². The molecule has 1 saturated heterocycles. The minimum Gasteiger partial charge on any atom is -0.381 e. The molecule has 0 saturated carbocycles. The van der Waals surface area contributed by atoms with Crippen LogP contribution in [0, 0.1) is 0 Å². The highest BCUT2D eigenvalue weighted by Crippen LogP contribution is 2.22. The van der Waals surface area contributed by atoms with Gasteiger partial charge in [-0.1, -0.05) is 25.1 Å². The lowest BCUT2D eigenvalue weighted by atomic mass is 10.1. The van der Waals surface area contributed by atoms with Gasteiger partial charge in [0.15, 0.2) is 0 Å². The molecule has 0 bridgehead atoms. The van der Waals surface area contributed by atoms with Gasteiger partial charge in [-0.05, 0) is 38.4 Å². The van der Waals surface area contributed by atoms with Crippen molar-refractivity contribution in [3.63, 3.8) is 0 Å². The van der Waals surface area contributed by atoms with Crippen LogP contribution in [0.25, 0.3) is 0 Å². The summed E-state index contributed by atoms with van der Waals surface area (Å²) >= 11 is 0. The second-order valence-corrected chi connectivity index (χ2v) is 4.88. The number of rotatable bonds is 3. The minimum absolute atomic E-state index is 0.604. The van der Waals surface area contributed by atoms with E-state index in [1.165, 1.54) is 17.7 Å². The third-order valence-corrected chi connectivity index (χ3v) is 3.64. The Morgan fingerprint density at radius 2 is 2.12 bits per heavy atom. The zero-order chi connectivity index (χ0) is 11.5. The highest BCUT2D eigenvalue weighted by atomic mass is 15.2. The molecule has 1 aliphatic heterocycles. The van der Waals surface area contributed by atoms with E-state index in [9.17, 15) is 0 Å². The Morgan fingerprint density at radius 1 is 1.38 bits per heavy atom. The molecular weight excluding hydrogens is 196 g/mol. The molecule has 1 aromatic carbocycles. The van der Waals surface area contributed by atoms with Crippen LogP contribution in [0.3, 0.4) is 0 Å². The molecule has 1 aliphatic rings. The van der Waals surface area contributed by atoms with Crippen LogP contribution >= 0.6 is 0 Å². The number of anilines is 1. The van der Waals surface area contributed by atoms with Gasteiger partial charge < -0.3 is 10.2 Å². The highest BCUT2D eigenvalue weighted by Gasteiger charge is 2.25. The molecule has 2 unspecified atom stereocenters. The van der Waals surface area contributed by atoms with Crippen molar-refractivity contribution in [2.24, 2.45) is 0 Å². The molecule has 1 fully saturated rings. The quantitative estimate of drug-likeness (QED) is 0.839. The second kappa shape index (κ2) is 4.88. The zero-order valence-corrected chi connectivity index (χ0v) is 10.5. The lowest BCUT2D eigenvalue weighted by Gasteiger charge is -2.16. The topological polar surface area (TPSA) is 15.3 Å². The number of nitrogens with zero attached hydrogens (tertiary/aromatic N) is 1. The van der Waals surface area contributed by atoms with E-state index in [4.69, 9.17) is 0 Å². The fourth-order valence-corrected chi connectivity index (χ4v) is 2.49. The molecule has 16 heavy (non-hydrogen) atoms. The lowest BCUT2D eigenvalue weighted by Crippen LogP contribution is -2.25. The third-order valence-electron chi connectivity index (χ3n) is 3.64. The van der Waals surface area contributed by atoms with Crippen molar-refractivity contribution in [3.8, 4) is 0 Å². The standard InChI is InChI=1S/C14H22N2/c1-4-12-7-5-6-8-14(12)15-13-9-11(2)16(3)10-13/h5-8,11,13,15H,4,9-10H2,1-3H3. The smallest absolute Gasteiger partial charge is 0.0403 e. The van der Waals surface area contributed by atoms with Gasteiger partial charge in [-0.2, -0.15) is 0 Å². The van der Waals surface area contributed by atoms with Crippen molar-refractivity contribution >= 4 is 5.69 Å². The van der Waals surface area contributed by atoms with E-state index >= 15 is 0 Å². The van der Waals surface area contributed by atoms with Crippen LogP contribution in [0.15, 0.2) is 24.3 Å². The van der Waals surface area contributed by atoms with E-state index in [-0.39, 0.29) is 0 Å². The summed E-state index contributed by atoms with van der Waals surface area (Å²) in [6.07, 6.45) is 2.34. The Kier molecular flexibility index (Phi) is 3.49. The normalized spacial score (nSPS) is 25.9. The van der Waals surface area contributed by atoms with E-state index in [0.717, 1.165) is 13.0 Å². The Morgan fingerprint density at radius 3 is 2.75 bits per heavy atom. The number of hydrogen-bond donors (Lipinski definition) is 1. The molecule has 2 atom stereocenters. The maximum absolute atomic E-state index is 3.68. The predicted molar refractivity (Wildman–Crippen MR) is 69.9 cm³/mol. The Hall–Kier alpha value is -1.02. The predicted octanol–water partition coefficient (Wildman–Crippen LogP) is 2.75. The highest BCUT2D eigenvalue weighted by molar-refractivity contribution is 5.52. The summed E-state index contributed by atoms with van der Waals surface area (Å²) in [5.41, 5.74) is 2.74. The van der Waals surface area contributed by atoms with Crippen molar-refractivity contribution in [1.29, 1.82) is 0 Å². The minimum atomic E-state index is 0.604. The van der Waals surface area contributed by atoms with E-state index in [0.29, 0.717) is 12.1 Å². The fraction of sp³-hybridized carbons (Fsp3) is 0.571.